The van der Waals surface area contributed by atoms with E-state index in [9.17, 15) is 0 Å². The lowest BCUT2D eigenvalue weighted by Crippen LogP contribution is -2.00. The topological polar surface area (TPSA) is 129 Å². The molecular formula is C122H82N10. The van der Waals surface area contributed by atoms with Crippen molar-refractivity contribution in [3.8, 4) is 225 Å². The number of rotatable bonds is 20. The molecule has 620 valence electrons. The molecule has 4 aromatic heterocycles. The Morgan fingerprint density at radius 2 is 0.205 bits per heavy atom. The van der Waals surface area contributed by atoms with Gasteiger partial charge >= 0.3 is 0 Å². The second-order valence-electron chi connectivity index (χ2n) is 32.2. The molecular weight excluding hydrogens is 1610 g/mol. The molecule has 0 saturated heterocycles. The van der Waals surface area contributed by atoms with Gasteiger partial charge in [0.1, 0.15) is 0 Å². The molecule has 0 bridgehead atoms. The van der Waals surface area contributed by atoms with Crippen LogP contribution in [0.2, 0.25) is 0 Å². The minimum atomic E-state index is 0.603. The van der Waals surface area contributed by atoms with Crippen molar-refractivity contribution in [3.05, 3.63) is 497 Å². The lowest BCUT2D eigenvalue weighted by Gasteiger charge is -2.12. The van der Waals surface area contributed by atoms with Crippen LogP contribution in [0, 0.1) is 0 Å². The molecule has 0 N–H and O–H groups in total. The maximum atomic E-state index is 5.11. The molecule has 0 aliphatic carbocycles. The summed E-state index contributed by atoms with van der Waals surface area (Å²) in [6, 6.07) is 172. The lowest BCUT2D eigenvalue weighted by molar-refractivity contribution is 1.07. The van der Waals surface area contributed by atoms with Gasteiger partial charge in [-0.15, -0.1) is 0 Å². The van der Waals surface area contributed by atoms with Crippen molar-refractivity contribution in [1.29, 1.82) is 0 Å². The average Bonchev–Trinajstić information content (AvgIpc) is 0.795. The van der Waals surface area contributed by atoms with E-state index in [0.29, 0.717) is 46.6 Å². The van der Waals surface area contributed by atoms with Crippen molar-refractivity contribution in [2.45, 2.75) is 0 Å². The molecule has 4 heterocycles. The largest absolute Gasteiger partial charge is 0.228 e. The van der Waals surface area contributed by atoms with Gasteiger partial charge in [-0.2, -0.15) is 0 Å². The molecule has 22 aromatic rings. The number of hydrogen-bond donors (Lipinski definition) is 0. The Morgan fingerprint density at radius 3 is 0.439 bits per heavy atom. The maximum Gasteiger partial charge on any atom is 0.164 e. The Labute approximate surface area is 767 Å². The SMILES string of the molecule is c1ccc(-c2ccc(-c3cc(-c4ccc(-c5cccc(-c6nc(-c7ccc(-c8ccccc8)cc7)nc(-c7ccc(-c8ccccc8)cc7)n6)c5)cc4)nc(-c4ccccc4)n3)cc2)cc1.c1ccc(-c2ccc(-c3nc(-c4ccc(-c5ccccc5)cc4)nc(-c4cccc(-c5ccc(-c6cc(-c7cccc(-c8ccccc8)c7)nc(-c7ccccc7)n6)cc5)c4)n3)cc2)cc1. The van der Waals surface area contributed by atoms with Crippen LogP contribution in [-0.2, 0) is 0 Å². The Bertz CT molecular complexity index is 7540. The summed E-state index contributed by atoms with van der Waals surface area (Å²) in [5.74, 6) is 5.02. The zero-order valence-electron chi connectivity index (χ0n) is 71.8. The maximum absolute atomic E-state index is 5.11. The molecule has 0 spiro atoms. The van der Waals surface area contributed by atoms with Crippen LogP contribution in [0.5, 0.6) is 0 Å². The predicted octanol–water partition coefficient (Wildman–Crippen LogP) is 30.7. The molecule has 0 radical (unpaired) electrons. The van der Waals surface area contributed by atoms with Crippen molar-refractivity contribution < 1.29 is 0 Å². The van der Waals surface area contributed by atoms with Crippen molar-refractivity contribution in [1.82, 2.24) is 49.8 Å². The van der Waals surface area contributed by atoms with Gasteiger partial charge in [-0.1, -0.05) is 467 Å². The van der Waals surface area contributed by atoms with Gasteiger partial charge in [-0.3, -0.25) is 0 Å². The highest BCUT2D eigenvalue weighted by Crippen LogP contribution is 2.39. The summed E-state index contributed by atoms with van der Waals surface area (Å²) in [4.78, 5) is 50.9. The summed E-state index contributed by atoms with van der Waals surface area (Å²) >= 11 is 0. The first-order valence-corrected chi connectivity index (χ1v) is 44.1. The fourth-order valence-corrected chi connectivity index (χ4v) is 16.5. The zero-order chi connectivity index (χ0) is 88.1. The molecule has 0 aliphatic heterocycles. The third kappa shape index (κ3) is 18.4. The number of nitrogens with zero attached hydrogens (tertiary/aromatic N) is 10. The highest BCUT2D eigenvalue weighted by Gasteiger charge is 2.21. The van der Waals surface area contributed by atoms with Crippen LogP contribution in [0.3, 0.4) is 0 Å². The Hall–Kier alpha value is -17.9. The summed E-state index contributed by atoms with van der Waals surface area (Å²) in [7, 11) is 0. The first-order valence-electron chi connectivity index (χ1n) is 44.1. The summed E-state index contributed by atoms with van der Waals surface area (Å²) in [5.41, 5.74) is 32.9. The molecule has 18 aromatic carbocycles. The van der Waals surface area contributed by atoms with Gasteiger partial charge in [0.05, 0.1) is 22.8 Å². The fraction of sp³-hybridized carbons (Fsp3) is 0. The van der Waals surface area contributed by atoms with Gasteiger partial charge < -0.3 is 0 Å². The van der Waals surface area contributed by atoms with Gasteiger partial charge in [0.15, 0.2) is 46.6 Å². The second-order valence-corrected chi connectivity index (χ2v) is 32.2. The van der Waals surface area contributed by atoms with Crippen LogP contribution >= 0.6 is 0 Å². The van der Waals surface area contributed by atoms with E-state index in [2.05, 4.69) is 425 Å². The molecule has 10 heteroatoms. The van der Waals surface area contributed by atoms with E-state index in [1.807, 2.05) is 72.8 Å². The van der Waals surface area contributed by atoms with E-state index in [1.165, 1.54) is 5.56 Å². The molecule has 0 amide bonds. The Balaban J connectivity index is 0.000000159. The summed E-state index contributed by atoms with van der Waals surface area (Å²) in [6.07, 6.45) is 0. The van der Waals surface area contributed by atoms with Crippen molar-refractivity contribution in [3.63, 3.8) is 0 Å². The van der Waals surface area contributed by atoms with E-state index in [-0.39, 0.29) is 0 Å². The van der Waals surface area contributed by atoms with E-state index in [1.54, 1.807) is 0 Å². The minimum Gasteiger partial charge on any atom is -0.228 e. The van der Waals surface area contributed by atoms with Gasteiger partial charge in [0.25, 0.3) is 0 Å². The molecule has 10 nitrogen and oxygen atoms in total. The number of aromatic nitrogens is 10. The van der Waals surface area contributed by atoms with Gasteiger partial charge in [0, 0.05) is 66.8 Å². The number of benzene rings is 18. The van der Waals surface area contributed by atoms with Crippen LogP contribution in [0.15, 0.2) is 497 Å². The molecule has 0 unspecified atom stereocenters. The van der Waals surface area contributed by atoms with Gasteiger partial charge in [0.2, 0.25) is 0 Å². The minimum absolute atomic E-state index is 0.603. The lowest BCUT2D eigenvalue weighted by atomic mass is 9.99. The average molecular weight is 1690 g/mol. The second kappa shape index (κ2) is 37.7. The molecule has 0 saturated carbocycles. The first kappa shape index (κ1) is 81.2. The van der Waals surface area contributed by atoms with Crippen LogP contribution < -0.4 is 0 Å². The van der Waals surface area contributed by atoms with Crippen molar-refractivity contribution in [2.75, 3.05) is 0 Å². The zero-order valence-corrected chi connectivity index (χ0v) is 71.8. The first-order chi connectivity index (χ1) is 65.3. The summed E-state index contributed by atoms with van der Waals surface area (Å²) < 4.78 is 0. The number of hydrogen-bond acceptors (Lipinski definition) is 10. The normalized spacial score (nSPS) is 11.0. The summed E-state index contributed by atoms with van der Waals surface area (Å²) in [6.45, 7) is 0. The predicted molar refractivity (Wildman–Crippen MR) is 540 cm³/mol. The quantitative estimate of drug-likeness (QED) is 0.0727. The highest BCUT2D eigenvalue weighted by molar-refractivity contribution is 5.83. The monoisotopic (exact) mass is 1690 g/mol. The Kier molecular flexibility index (Phi) is 23.2. The van der Waals surface area contributed by atoms with Crippen LogP contribution in [0.25, 0.3) is 225 Å². The molecule has 132 heavy (non-hydrogen) atoms. The van der Waals surface area contributed by atoms with Crippen LogP contribution in [0.4, 0.5) is 0 Å². The van der Waals surface area contributed by atoms with Gasteiger partial charge in [-0.05, 0) is 119 Å². The van der Waals surface area contributed by atoms with E-state index in [4.69, 9.17) is 49.8 Å². The van der Waals surface area contributed by atoms with Gasteiger partial charge in [-0.25, -0.2) is 49.8 Å². The third-order valence-corrected chi connectivity index (χ3v) is 23.6. The molecule has 0 aliphatic rings. The van der Waals surface area contributed by atoms with E-state index >= 15 is 0 Å². The standard InChI is InChI=1S/2C61H41N5/c1-5-15-42(16-6-1)45-29-35-50(36-30-45)59-64-60(51-37-31-46(32-38-51)43-17-7-2-8-18-43)66-61(65-59)55-26-14-24-53(40-55)47-27-33-48(34-28-47)56-41-57(63-58(62-56)49-21-11-4-12-22-49)54-25-13-23-52(39-54)44-19-9-3-10-20-44;1-5-14-42(15-6-1)45-24-32-49(33-25-45)56-41-57(63-58(62-56)51-20-11-4-12-21-51)50-34-26-48(27-35-50)54-22-13-23-55(40-54)61-65-59(52-36-28-46(29-37-52)43-16-7-2-8-17-43)64-60(66-61)53-38-30-47(31-39-53)44-18-9-3-10-19-44/h2*1-41H. The van der Waals surface area contributed by atoms with E-state index in [0.717, 1.165) is 173 Å². The summed E-state index contributed by atoms with van der Waals surface area (Å²) in [5, 5.41) is 0. The highest BCUT2D eigenvalue weighted by atomic mass is 15.0. The smallest absolute Gasteiger partial charge is 0.164 e. The fourth-order valence-electron chi connectivity index (χ4n) is 16.5. The van der Waals surface area contributed by atoms with Crippen LogP contribution in [-0.4, -0.2) is 49.8 Å². The Morgan fingerprint density at radius 1 is 0.0758 bits per heavy atom. The molecule has 22 rings (SSSR count). The van der Waals surface area contributed by atoms with E-state index < -0.39 is 0 Å². The molecule has 0 fully saturated rings. The molecule has 0 atom stereocenters. The van der Waals surface area contributed by atoms with Crippen molar-refractivity contribution in [2.24, 2.45) is 0 Å². The van der Waals surface area contributed by atoms with Crippen molar-refractivity contribution >= 4 is 0 Å². The third-order valence-electron chi connectivity index (χ3n) is 23.6. The van der Waals surface area contributed by atoms with Crippen LogP contribution in [0.1, 0.15) is 0 Å².